The molecule has 2 rings (SSSR count). The number of allylic oxidation sites excluding steroid dienone is 1. The fraction of sp³-hybridized carbons (Fsp3) is 0.500. The number of hydrogen-bond acceptors (Lipinski definition) is 3. The van der Waals surface area contributed by atoms with Crippen LogP contribution >= 0.6 is 0 Å². The predicted molar refractivity (Wildman–Crippen MR) is 79.1 cm³/mol. The van der Waals surface area contributed by atoms with Crippen LogP contribution in [0.3, 0.4) is 0 Å². The fourth-order valence-corrected chi connectivity index (χ4v) is 2.42. The summed E-state index contributed by atoms with van der Waals surface area (Å²) in [6.45, 7) is 4.43. The van der Waals surface area contributed by atoms with Crippen LogP contribution in [0.4, 0.5) is 5.69 Å². The first-order valence-electron chi connectivity index (χ1n) is 7.04. The first-order valence-corrected chi connectivity index (χ1v) is 7.04. The number of aromatic nitrogens is 1. The molecule has 1 amide bonds. The second-order valence-corrected chi connectivity index (χ2v) is 6.15. The third-order valence-corrected chi connectivity index (χ3v) is 3.92. The molecule has 1 saturated carbocycles. The van der Waals surface area contributed by atoms with Crippen LogP contribution in [-0.4, -0.2) is 16.0 Å². The van der Waals surface area contributed by atoms with Gasteiger partial charge in [0.2, 0.25) is 5.91 Å². The van der Waals surface area contributed by atoms with E-state index < -0.39 is 0 Å². The van der Waals surface area contributed by atoms with Gasteiger partial charge in [0.1, 0.15) is 0 Å². The second-order valence-electron chi connectivity index (χ2n) is 6.15. The van der Waals surface area contributed by atoms with Gasteiger partial charge in [-0.3, -0.25) is 9.78 Å². The zero-order valence-electron chi connectivity index (χ0n) is 12.1. The van der Waals surface area contributed by atoms with Gasteiger partial charge < -0.3 is 10.4 Å². The molecule has 1 heterocycles. The van der Waals surface area contributed by atoms with Crippen molar-refractivity contribution in [2.24, 2.45) is 5.41 Å². The summed E-state index contributed by atoms with van der Waals surface area (Å²) in [7, 11) is 0. The number of carbonyl (C=O) groups excluding carboxylic acids is 1. The number of anilines is 1. The second kappa shape index (κ2) is 6.18. The van der Waals surface area contributed by atoms with Crippen molar-refractivity contribution in [3.63, 3.8) is 0 Å². The van der Waals surface area contributed by atoms with Gasteiger partial charge in [-0.25, -0.2) is 0 Å². The summed E-state index contributed by atoms with van der Waals surface area (Å²) >= 11 is 0. The quantitative estimate of drug-likeness (QED) is 0.833. The van der Waals surface area contributed by atoms with Crippen molar-refractivity contribution in [1.82, 2.24) is 4.98 Å². The Kier molecular flexibility index (Phi) is 4.55. The highest BCUT2D eigenvalue weighted by atomic mass is 16.3. The maximum absolute atomic E-state index is 12.0. The Morgan fingerprint density at radius 3 is 2.80 bits per heavy atom. The van der Waals surface area contributed by atoms with Crippen LogP contribution < -0.4 is 5.32 Å². The molecule has 0 unspecified atom stereocenters. The number of rotatable bonds is 3. The lowest BCUT2D eigenvalue weighted by Crippen LogP contribution is -2.18. The molecule has 0 aromatic carbocycles. The van der Waals surface area contributed by atoms with Gasteiger partial charge in [-0.2, -0.15) is 0 Å². The van der Waals surface area contributed by atoms with Gasteiger partial charge in [-0.1, -0.05) is 19.4 Å². The van der Waals surface area contributed by atoms with Crippen LogP contribution in [0.2, 0.25) is 0 Å². The minimum atomic E-state index is -0.137. The summed E-state index contributed by atoms with van der Waals surface area (Å²) in [5.41, 5.74) is 2.85. The van der Waals surface area contributed by atoms with E-state index in [1.54, 1.807) is 24.5 Å². The molecule has 0 spiro atoms. The number of aliphatic hydroxyl groups excluding tert-OH is 1. The molecular weight excluding hydrogens is 252 g/mol. The van der Waals surface area contributed by atoms with Crippen LogP contribution in [0.1, 0.15) is 45.1 Å². The van der Waals surface area contributed by atoms with E-state index in [2.05, 4.69) is 24.1 Å². The lowest BCUT2D eigenvalue weighted by Gasteiger charge is -2.30. The molecule has 2 N–H and O–H groups in total. The number of pyridine rings is 1. The first kappa shape index (κ1) is 14.7. The van der Waals surface area contributed by atoms with Crippen molar-refractivity contribution in [2.75, 3.05) is 5.32 Å². The van der Waals surface area contributed by atoms with Gasteiger partial charge in [-0.15, -0.1) is 0 Å². The van der Waals surface area contributed by atoms with Crippen molar-refractivity contribution in [2.45, 2.75) is 46.1 Å². The molecule has 0 radical (unpaired) electrons. The van der Waals surface area contributed by atoms with Crippen LogP contribution in [0, 0.1) is 5.41 Å². The maximum Gasteiger partial charge on any atom is 0.248 e. The van der Waals surface area contributed by atoms with E-state index in [4.69, 9.17) is 0 Å². The predicted octanol–water partition coefficient (Wildman–Crippen LogP) is 3.04. The summed E-state index contributed by atoms with van der Waals surface area (Å²) in [6, 6.07) is 1.70. The van der Waals surface area contributed by atoms with Crippen LogP contribution in [-0.2, 0) is 11.4 Å². The molecule has 1 aromatic rings. The van der Waals surface area contributed by atoms with Crippen molar-refractivity contribution in [3.8, 4) is 0 Å². The third-order valence-electron chi connectivity index (χ3n) is 3.92. The largest absolute Gasteiger partial charge is 0.392 e. The van der Waals surface area contributed by atoms with Gasteiger partial charge in [0.15, 0.2) is 0 Å². The molecule has 1 aliphatic rings. The lowest BCUT2D eigenvalue weighted by molar-refractivity contribution is -0.112. The van der Waals surface area contributed by atoms with E-state index >= 15 is 0 Å². The average Bonchev–Trinajstić information content (AvgIpc) is 2.42. The summed E-state index contributed by atoms with van der Waals surface area (Å²) in [5, 5.41) is 12.0. The lowest BCUT2D eigenvalue weighted by atomic mass is 9.75. The van der Waals surface area contributed by atoms with Crippen molar-refractivity contribution >= 4 is 11.6 Å². The minimum Gasteiger partial charge on any atom is -0.392 e. The normalized spacial score (nSPS) is 17.6. The van der Waals surface area contributed by atoms with E-state index in [9.17, 15) is 9.90 Å². The Morgan fingerprint density at radius 1 is 1.45 bits per heavy atom. The number of nitrogens with zero attached hydrogens (tertiary/aromatic N) is 1. The van der Waals surface area contributed by atoms with E-state index in [1.165, 1.54) is 5.57 Å². The molecule has 108 valence electrons. The Bertz CT molecular complexity index is 509. The highest BCUT2D eigenvalue weighted by molar-refractivity contribution is 6.00. The van der Waals surface area contributed by atoms with E-state index in [1.807, 2.05) is 0 Å². The Labute approximate surface area is 119 Å². The van der Waals surface area contributed by atoms with Gasteiger partial charge >= 0.3 is 0 Å². The molecule has 4 heteroatoms. The molecule has 1 aliphatic carbocycles. The Morgan fingerprint density at radius 2 is 2.15 bits per heavy atom. The summed E-state index contributed by atoms with van der Waals surface area (Å²) in [5.74, 6) is -0.137. The molecule has 0 saturated heterocycles. The number of carbonyl (C=O) groups is 1. The standard InChI is InChI=1S/C16H22N2O2/c1-16(2)6-3-12(4-7-16)9-15(20)18-14-10-17-8-5-13(14)11-19/h5,8-10,19H,3-4,6-7,11H2,1-2H3,(H,18,20). The molecule has 20 heavy (non-hydrogen) atoms. The minimum absolute atomic E-state index is 0.108. The van der Waals surface area contributed by atoms with Gasteiger partial charge in [0.05, 0.1) is 18.5 Å². The molecule has 4 nitrogen and oxygen atoms in total. The van der Waals surface area contributed by atoms with Crippen LogP contribution in [0.15, 0.2) is 30.1 Å². The molecule has 0 bridgehead atoms. The third kappa shape index (κ3) is 3.90. The van der Waals surface area contributed by atoms with Gasteiger partial charge in [-0.05, 0) is 37.2 Å². The molecular formula is C16H22N2O2. The topological polar surface area (TPSA) is 62.2 Å². The first-order chi connectivity index (χ1) is 9.50. The zero-order valence-corrected chi connectivity index (χ0v) is 12.1. The number of amides is 1. The smallest absolute Gasteiger partial charge is 0.248 e. The van der Waals surface area contributed by atoms with E-state index in [0.29, 0.717) is 16.7 Å². The summed E-state index contributed by atoms with van der Waals surface area (Å²) in [6.07, 6.45) is 9.08. The van der Waals surface area contributed by atoms with Crippen molar-refractivity contribution < 1.29 is 9.90 Å². The molecule has 1 fully saturated rings. The monoisotopic (exact) mass is 274 g/mol. The van der Waals surface area contributed by atoms with Crippen molar-refractivity contribution in [1.29, 1.82) is 0 Å². The Hall–Kier alpha value is -1.68. The zero-order chi connectivity index (χ0) is 14.6. The van der Waals surface area contributed by atoms with E-state index in [0.717, 1.165) is 25.7 Å². The van der Waals surface area contributed by atoms with Crippen LogP contribution in [0.25, 0.3) is 0 Å². The fourth-order valence-electron chi connectivity index (χ4n) is 2.42. The Balaban J connectivity index is 1.99. The number of nitrogens with one attached hydrogen (secondary N) is 1. The highest BCUT2D eigenvalue weighted by Crippen LogP contribution is 2.37. The van der Waals surface area contributed by atoms with Crippen molar-refractivity contribution in [3.05, 3.63) is 35.7 Å². The summed E-state index contributed by atoms with van der Waals surface area (Å²) < 4.78 is 0. The number of hydrogen-bond donors (Lipinski definition) is 2. The summed E-state index contributed by atoms with van der Waals surface area (Å²) in [4.78, 5) is 16.0. The van der Waals surface area contributed by atoms with Gasteiger partial charge in [0, 0.05) is 17.8 Å². The van der Waals surface area contributed by atoms with Gasteiger partial charge in [0.25, 0.3) is 0 Å². The SMILES string of the molecule is CC1(C)CCC(=CC(=O)Nc2cnccc2CO)CC1. The molecule has 0 aliphatic heterocycles. The number of aliphatic hydroxyl groups is 1. The average molecular weight is 274 g/mol. The molecule has 0 atom stereocenters. The van der Waals surface area contributed by atoms with Crippen LogP contribution in [0.5, 0.6) is 0 Å². The van der Waals surface area contributed by atoms with E-state index in [-0.39, 0.29) is 12.5 Å². The molecule has 1 aromatic heterocycles. The highest BCUT2D eigenvalue weighted by Gasteiger charge is 2.23. The maximum atomic E-state index is 12.0.